The third kappa shape index (κ3) is 2.84. The minimum Gasteiger partial charge on any atom is -0.388 e. The van der Waals surface area contributed by atoms with E-state index in [4.69, 9.17) is 4.74 Å². The molecule has 2 heterocycles. The number of ether oxygens (including phenoxy) is 1. The molecule has 0 atom stereocenters. The van der Waals surface area contributed by atoms with Crippen LogP contribution in [0.2, 0.25) is 0 Å². The zero-order valence-corrected chi connectivity index (χ0v) is 9.78. The molecule has 16 heavy (non-hydrogen) atoms. The van der Waals surface area contributed by atoms with E-state index in [0.717, 1.165) is 19.4 Å². The summed E-state index contributed by atoms with van der Waals surface area (Å²) in [6.07, 6.45) is 3.49. The van der Waals surface area contributed by atoms with Gasteiger partial charge in [0.25, 0.3) is 0 Å². The lowest BCUT2D eigenvalue weighted by atomic mass is 9.94. The van der Waals surface area contributed by atoms with Gasteiger partial charge in [0, 0.05) is 58.1 Å². The Kier molecular flexibility index (Phi) is 3.63. The van der Waals surface area contributed by atoms with Crippen molar-refractivity contribution in [3.8, 4) is 0 Å². The van der Waals surface area contributed by atoms with Gasteiger partial charge in [-0.05, 0) is 12.1 Å². The zero-order valence-electron chi connectivity index (χ0n) is 9.78. The van der Waals surface area contributed by atoms with Crippen LogP contribution in [0.25, 0.3) is 0 Å². The standard InChI is InChI=1S/C12H20N2O2/c1-14-6-2-3-11(14)9-13-10-12(15)4-7-16-8-5-12/h2-3,6,13,15H,4-5,7-10H2,1H3. The number of rotatable bonds is 4. The van der Waals surface area contributed by atoms with Crippen molar-refractivity contribution in [2.24, 2.45) is 7.05 Å². The van der Waals surface area contributed by atoms with Crippen LogP contribution in [0.4, 0.5) is 0 Å². The van der Waals surface area contributed by atoms with Crippen molar-refractivity contribution in [2.45, 2.75) is 25.0 Å². The summed E-state index contributed by atoms with van der Waals surface area (Å²) in [4.78, 5) is 0. The SMILES string of the molecule is Cn1cccc1CNCC1(O)CCOCC1. The normalized spacial score (nSPS) is 19.9. The Morgan fingerprint density at radius 3 is 2.88 bits per heavy atom. The molecular weight excluding hydrogens is 204 g/mol. The molecule has 0 unspecified atom stereocenters. The fraction of sp³-hybridized carbons (Fsp3) is 0.667. The van der Waals surface area contributed by atoms with Crippen molar-refractivity contribution in [3.05, 3.63) is 24.0 Å². The first-order chi connectivity index (χ1) is 7.70. The van der Waals surface area contributed by atoms with Crippen LogP contribution in [-0.2, 0) is 18.3 Å². The van der Waals surface area contributed by atoms with E-state index in [1.807, 2.05) is 19.3 Å². The smallest absolute Gasteiger partial charge is 0.0815 e. The number of hydrogen-bond acceptors (Lipinski definition) is 3. The lowest BCUT2D eigenvalue weighted by Crippen LogP contribution is -2.44. The summed E-state index contributed by atoms with van der Waals surface area (Å²) in [5, 5.41) is 13.5. The highest BCUT2D eigenvalue weighted by atomic mass is 16.5. The second-order valence-corrected chi connectivity index (χ2v) is 4.55. The van der Waals surface area contributed by atoms with E-state index in [2.05, 4.69) is 16.0 Å². The maximum absolute atomic E-state index is 10.2. The van der Waals surface area contributed by atoms with Gasteiger partial charge in [-0.15, -0.1) is 0 Å². The summed E-state index contributed by atoms with van der Waals surface area (Å²) in [6.45, 7) is 2.78. The lowest BCUT2D eigenvalue weighted by Gasteiger charge is -2.32. The van der Waals surface area contributed by atoms with Crippen LogP contribution in [0.3, 0.4) is 0 Å². The highest BCUT2D eigenvalue weighted by molar-refractivity contribution is 5.06. The summed E-state index contributed by atoms with van der Waals surface area (Å²) in [6, 6.07) is 4.11. The Morgan fingerprint density at radius 2 is 2.25 bits per heavy atom. The molecule has 0 spiro atoms. The van der Waals surface area contributed by atoms with Gasteiger partial charge in [-0.3, -0.25) is 0 Å². The third-order valence-corrected chi connectivity index (χ3v) is 3.24. The van der Waals surface area contributed by atoms with Crippen molar-refractivity contribution in [1.82, 2.24) is 9.88 Å². The molecule has 2 N–H and O–H groups in total. The van der Waals surface area contributed by atoms with E-state index in [9.17, 15) is 5.11 Å². The molecule has 1 aromatic heterocycles. The number of aromatic nitrogens is 1. The lowest BCUT2D eigenvalue weighted by molar-refractivity contribution is -0.0617. The maximum Gasteiger partial charge on any atom is 0.0815 e. The van der Waals surface area contributed by atoms with Crippen LogP contribution in [0.15, 0.2) is 18.3 Å². The van der Waals surface area contributed by atoms with Crippen molar-refractivity contribution < 1.29 is 9.84 Å². The Balaban J connectivity index is 1.77. The van der Waals surface area contributed by atoms with Crippen LogP contribution in [0.1, 0.15) is 18.5 Å². The van der Waals surface area contributed by atoms with E-state index in [-0.39, 0.29) is 0 Å². The largest absolute Gasteiger partial charge is 0.388 e. The van der Waals surface area contributed by atoms with Crippen molar-refractivity contribution in [1.29, 1.82) is 0 Å². The van der Waals surface area contributed by atoms with Gasteiger partial charge in [0.1, 0.15) is 0 Å². The van der Waals surface area contributed by atoms with Gasteiger partial charge >= 0.3 is 0 Å². The molecule has 0 amide bonds. The van der Waals surface area contributed by atoms with Gasteiger partial charge in [0.15, 0.2) is 0 Å². The summed E-state index contributed by atoms with van der Waals surface area (Å²) < 4.78 is 7.33. The molecule has 0 aromatic carbocycles. The van der Waals surface area contributed by atoms with Crippen LogP contribution >= 0.6 is 0 Å². The number of aryl methyl sites for hydroxylation is 1. The predicted octanol–water partition coefficient (Wildman–Crippen LogP) is 0.656. The molecule has 1 aliphatic rings. The number of nitrogens with one attached hydrogen (secondary N) is 1. The van der Waals surface area contributed by atoms with Crippen LogP contribution in [0.5, 0.6) is 0 Å². The third-order valence-electron chi connectivity index (χ3n) is 3.24. The van der Waals surface area contributed by atoms with Gasteiger partial charge in [0.05, 0.1) is 5.60 Å². The number of nitrogens with zero attached hydrogens (tertiary/aromatic N) is 1. The Bertz CT molecular complexity index is 330. The van der Waals surface area contributed by atoms with Gasteiger partial charge in [0.2, 0.25) is 0 Å². The highest BCUT2D eigenvalue weighted by Crippen LogP contribution is 2.19. The van der Waals surface area contributed by atoms with Crippen molar-refractivity contribution in [2.75, 3.05) is 19.8 Å². The highest BCUT2D eigenvalue weighted by Gasteiger charge is 2.29. The summed E-state index contributed by atoms with van der Waals surface area (Å²) in [7, 11) is 2.03. The molecule has 4 nitrogen and oxygen atoms in total. The maximum atomic E-state index is 10.2. The predicted molar refractivity (Wildman–Crippen MR) is 62.1 cm³/mol. The molecule has 1 aromatic rings. The number of hydrogen-bond donors (Lipinski definition) is 2. The monoisotopic (exact) mass is 224 g/mol. The summed E-state index contributed by atoms with van der Waals surface area (Å²) in [5.74, 6) is 0. The second-order valence-electron chi connectivity index (χ2n) is 4.55. The van der Waals surface area contributed by atoms with Crippen LogP contribution in [0, 0.1) is 0 Å². The van der Waals surface area contributed by atoms with Gasteiger partial charge in [-0.1, -0.05) is 0 Å². The topological polar surface area (TPSA) is 46.4 Å². The molecule has 1 fully saturated rings. The first-order valence-electron chi connectivity index (χ1n) is 5.81. The molecule has 0 saturated carbocycles. The van der Waals surface area contributed by atoms with E-state index in [0.29, 0.717) is 19.8 Å². The molecule has 4 heteroatoms. The fourth-order valence-corrected chi connectivity index (χ4v) is 2.03. The molecule has 0 radical (unpaired) electrons. The van der Waals surface area contributed by atoms with Crippen molar-refractivity contribution >= 4 is 0 Å². The minimum absolute atomic E-state index is 0.580. The van der Waals surface area contributed by atoms with E-state index < -0.39 is 5.60 Å². The van der Waals surface area contributed by atoms with E-state index in [1.54, 1.807) is 0 Å². The van der Waals surface area contributed by atoms with Gasteiger partial charge in [-0.25, -0.2) is 0 Å². The number of aliphatic hydroxyl groups is 1. The average molecular weight is 224 g/mol. The first kappa shape index (κ1) is 11.6. The van der Waals surface area contributed by atoms with Gasteiger partial charge in [-0.2, -0.15) is 0 Å². The Morgan fingerprint density at radius 1 is 1.50 bits per heavy atom. The molecule has 1 aliphatic heterocycles. The average Bonchev–Trinajstić information content (AvgIpc) is 2.65. The zero-order chi connectivity index (χ0) is 11.4. The molecule has 1 saturated heterocycles. The molecule has 90 valence electrons. The van der Waals surface area contributed by atoms with Gasteiger partial charge < -0.3 is 19.7 Å². The first-order valence-corrected chi connectivity index (χ1v) is 5.81. The Labute approximate surface area is 96.2 Å². The molecular formula is C12H20N2O2. The summed E-state index contributed by atoms with van der Waals surface area (Å²) >= 11 is 0. The van der Waals surface area contributed by atoms with Crippen LogP contribution < -0.4 is 5.32 Å². The molecule has 0 bridgehead atoms. The summed E-state index contributed by atoms with van der Waals surface area (Å²) in [5.41, 5.74) is 0.652. The Hall–Kier alpha value is -0.840. The molecule has 0 aliphatic carbocycles. The quantitative estimate of drug-likeness (QED) is 0.789. The second kappa shape index (κ2) is 4.99. The van der Waals surface area contributed by atoms with Crippen LogP contribution in [-0.4, -0.2) is 35.0 Å². The molecule has 2 rings (SSSR count). The minimum atomic E-state index is -0.580. The van der Waals surface area contributed by atoms with Crippen molar-refractivity contribution in [3.63, 3.8) is 0 Å². The fourth-order valence-electron chi connectivity index (χ4n) is 2.03. The van der Waals surface area contributed by atoms with E-state index >= 15 is 0 Å². The van der Waals surface area contributed by atoms with E-state index in [1.165, 1.54) is 5.69 Å².